The van der Waals surface area contributed by atoms with Crippen LogP contribution in [0.25, 0.3) is 11.3 Å². The van der Waals surface area contributed by atoms with Crippen molar-refractivity contribution in [3.63, 3.8) is 0 Å². The van der Waals surface area contributed by atoms with Crippen molar-refractivity contribution in [1.82, 2.24) is 15.3 Å². The molecule has 3 aromatic rings. The number of carbonyl (C=O) groups excluding carboxylic acids is 1. The number of benzene rings is 2. The lowest BCUT2D eigenvalue weighted by Gasteiger charge is -2.07. The van der Waals surface area contributed by atoms with Crippen LogP contribution < -0.4 is 5.32 Å². The van der Waals surface area contributed by atoms with Crippen LogP contribution in [0.3, 0.4) is 0 Å². The predicted octanol–water partition coefficient (Wildman–Crippen LogP) is 6.81. The molecule has 0 saturated carbocycles. The second kappa shape index (κ2) is 16.0. The maximum atomic E-state index is 13.1. The number of nitrogens with zero attached hydrogens (tertiary/aromatic N) is 2. The quantitative estimate of drug-likeness (QED) is 0.300. The number of rotatable bonds is 9. The van der Waals surface area contributed by atoms with Crippen molar-refractivity contribution < 1.29 is 19.1 Å². The number of aliphatic carboxylic acids is 1. The van der Waals surface area contributed by atoms with E-state index in [1.54, 1.807) is 54.9 Å². The number of halogens is 2. The first-order valence-electron chi connectivity index (χ1n) is 12.1. The summed E-state index contributed by atoms with van der Waals surface area (Å²) in [6, 6.07) is 18.0. The van der Waals surface area contributed by atoms with Crippen molar-refractivity contribution in [1.29, 1.82) is 0 Å². The van der Waals surface area contributed by atoms with Crippen molar-refractivity contribution in [2.24, 2.45) is 0 Å². The van der Waals surface area contributed by atoms with Crippen LogP contribution >= 0.6 is 11.6 Å². The van der Waals surface area contributed by atoms with Gasteiger partial charge in [0.25, 0.3) is 5.91 Å². The molecule has 0 radical (unpaired) electrons. The highest BCUT2D eigenvalue weighted by Crippen LogP contribution is 2.22. The number of unbranched alkanes of at least 4 members (excludes halogenated alkanes) is 1. The Bertz CT molecular complexity index is 1220. The molecule has 0 spiro atoms. The molecule has 0 bridgehead atoms. The number of nitrogens with one attached hydrogen (secondary N) is 1. The number of carbonyl (C=O) groups is 2. The molecule has 0 atom stereocenters. The standard InChI is InChI=1S/C27H25ClFN3O3.C2H6/c28-22-11-9-20(10-12-22)26-24(5-1-2-6-25(33)34)30-17-15-21(4-3-16-31-26)27(35)32-18-19-7-13-23(29)14-8-19;1-2/h3-4,7-17H,1-2,5-6,18H2,(H,32,35)(H,33,34);1-2H3. The summed E-state index contributed by atoms with van der Waals surface area (Å²) in [4.78, 5) is 32.7. The molecular weight excluding hydrogens is 493 g/mol. The van der Waals surface area contributed by atoms with Gasteiger partial charge in [-0.3, -0.25) is 19.6 Å². The molecule has 8 heteroatoms. The van der Waals surface area contributed by atoms with Crippen LogP contribution in [0, 0.1) is 5.82 Å². The van der Waals surface area contributed by atoms with Crippen LogP contribution in [-0.4, -0.2) is 27.0 Å². The van der Waals surface area contributed by atoms with Gasteiger partial charge in [0.15, 0.2) is 0 Å². The summed E-state index contributed by atoms with van der Waals surface area (Å²) in [5.41, 5.74) is 3.30. The first-order chi connectivity index (χ1) is 17.9. The average Bonchev–Trinajstić information content (AvgIpc) is 2.90. The maximum Gasteiger partial charge on any atom is 0.303 e. The summed E-state index contributed by atoms with van der Waals surface area (Å²) in [6.07, 6.45) is 4.86. The Morgan fingerprint density at radius 3 is 2.30 bits per heavy atom. The lowest BCUT2D eigenvalue weighted by Crippen LogP contribution is -2.22. The topological polar surface area (TPSA) is 92.2 Å². The molecule has 194 valence electrons. The highest BCUT2D eigenvalue weighted by molar-refractivity contribution is 6.30. The SMILES string of the molecule is CC.O=C(O)CCCCc1nccc(C(=O)NCc2ccc(F)cc2)cccnc1-c1ccc(Cl)cc1. The number of carboxylic acids is 1. The number of amides is 1. The largest absolute Gasteiger partial charge is 0.481 e. The number of hydrogen-bond acceptors (Lipinski definition) is 4. The summed E-state index contributed by atoms with van der Waals surface area (Å²) in [5, 5.41) is 12.3. The fourth-order valence-electron chi connectivity index (χ4n) is 3.30. The lowest BCUT2D eigenvalue weighted by molar-refractivity contribution is -0.137. The minimum Gasteiger partial charge on any atom is -0.481 e. The Kier molecular flexibility index (Phi) is 12.7. The Labute approximate surface area is 221 Å². The minimum absolute atomic E-state index is 0.0809. The van der Waals surface area contributed by atoms with Gasteiger partial charge in [-0.25, -0.2) is 4.39 Å². The van der Waals surface area contributed by atoms with Crippen LogP contribution in [0.15, 0.2) is 79.1 Å². The van der Waals surface area contributed by atoms with Gasteiger partial charge in [0.1, 0.15) is 5.82 Å². The van der Waals surface area contributed by atoms with Crippen LogP contribution in [0.5, 0.6) is 0 Å². The Hall–Kier alpha value is -3.84. The zero-order chi connectivity index (χ0) is 27.0. The van der Waals surface area contributed by atoms with E-state index in [0.29, 0.717) is 41.2 Å². The molecule has 0 aliphatic carbocycles. The predicted molar refractivity (Wildman–Crippen MR) is 144 cm³/mol. The van der Waals surface area contributed by atoms with Gasteiger partial charge < -0.3 is 10.4 Å². The second-order valence-electron chi connectivity index (χ2n) is 7.75. The average molecular weight is 524 g/mol. The number of aromatic nitrogens is 2. The van der Waals surface area contributed by atoms with E-state index in [9.17, 15) is 14.0 Å². The molecule has 0 aliphatic heterocycles. The van der Waals surface area contributed by atoms with Crippen LogP contribution in [0.4, 0.5) is 4.39 Å². The van der Waals surface area contributed by atoms with Crippen molar-refractivity contribution in [2.75, 3.05) is 0 Å². The highest BCUT2D eigenvalue weighted by atomic mass is 35.5. The zero-order valence-corrected chi connectivity index (χ0v) is 21.7. The van der Waals surface area contributed by atoms with E-state index in [-0.39, 0.29) is 24.7 Å². The molecule has 0 fully saturated rings. The van der Waals surface area contributed by atoms with Crippen molar-refractivity contribution in [3.05, 3.63) is 107 Å². The number of aryl methyl sites for hydroxylation is 1. The Morgan fingerprint density at radius 1 is 0.919 bits per heavy atom. The van der Waals surface area contributed by atoms with E-state index in [1.165, 1.54) is 12.1 Å². The van der Waals surface area contributed by atoms with E-state index >= 15 is 0 Å². The third kappa shape index (κ3) is 10.4. The van der Waals surface area contributed by atoms with E-state index in [0.717, 1.165) is 11.1 Å². The minimum atomic E-state index is -0.839. The highest BCUT2D eigenvalue weighted by Gasteiger charge is 2.08. The monoisotopic (exact) mass is 523 g/mol. The number of hydrogen-bond donors (Lipinski definition) is 2. The molecule has 2 aromatic carbocycles. The van der Waals surface area contributed by atoms with Crippen molar-refractivity contribution in [2.45, 2.75) is 46.1 Å². The lowest BCUT2D eigenvalue weighted by atomic mass is 10.1. The first-order valence-corrected chi connectivity index (χ1v) is 12.5. The van der Waals surface area contributed by atoms with Gasteiger partial charge in [0, 0.05) is 41.5 Å². The molecular formula is C29H31ClFN3O3. The van der Waals surface area contributed by atoms with Gasteiger partial charge in [-0.2, -0.15) is 0 Å². The van der Waals surface area contributed by atoms with Gasteiger partial charge in [-0.05, 0) is 67.3 Å². The second-order valence-corrected chi connectivity index (χ2v) is 8.19. The van der Waals surface area contributed by atoms with E-state index in [1.807, 2.05) is 26.0 Å². The molecule has 0 unspecified atom stereocenters. The normalized spacial score (nSPS) is 9.95. The maximum absolute atomic E-state index is 13.1. The molecule has 37 heavy (non-hydrogen) atoms. The molecule has 0 aliphatic rings. The Balaban J connectivity index is 0.00000235. The summed E-state index contributed by atoms with van der Waals surface area (Å²) in [5.74, 6) is -1.48. The smallest absolute Gasteiger partial charge is 0.303 e. The van der Waals surface area contributed by atoms with E-state index < -0.39 is 5.97 Å². The summed E-state index contributed by atoms with van der Waals surface area (Å²) >= 11 is 6.03. The summed E-state index contributed by atoms with van der Waals surface area (Å²) in [6.45, 7) is 4.25. The molecule has 3 rings (SSSR count). The van der Waals surface area contributed by atoms with Crippen LogP contribution in [-0.2, 0) is 17.8 Å². The number of carboxylic acid groups (broad SMARTS) is 1. The molecule has 1 aromatic heterocycles. The van der Waals surface area contributed by atoms with Gasteiger partial charge in [-0.15, -0.1) is 0 Å². The zero-order valence-electron chi connectivity index (χ0n) is 21.0. The molecule has 0 saturated heterocycles. The van der Waals surface area contributed by atoms with Gasteiger partial charge >= 0.3 is 5.97 Å². The summed E-state index contributed by atoms with van der Waals surface area (Å²) in [7, 11) is 0. The van der Waals surface area contributed by atoms with E-state index in [4.69, 9.17) is 16.7 Å². The Morgan fingerprint density at radius 2 is 1.62 bits per heavy atom. The van der Waals surface area contributed by atoms with Gasteiger partial charge in [-0.1, -0.05) is 49.7 Å². The third-order valence-corrected chi connectivity index (χ3v) is 5.38. The van der Waals surface area contributed by atoms with Crippen molar-refractivity contribution in [3.8, 4) is 11.3 Å². The van der Waals surface area contributed by atoms with Gasteiger partial charge in [0.05, 0.1) is 11.4 Å². The molecule has 1 heterocycles. The fraction of sp³-hybridized carbons (Fsp3) is 0.241. The molecule has 2 N–H and O–H groups in total. The molecule has 1 amide bonds. The third-order valence-electron chi connectivity index (χ3n) is 5.12. The fourth-order valence-corrected chi connectivity index (χ4v) is 3.43. The molecule has 6 nitrogen and oxygen atoms in total. The van der Waals surface area contributed by atoms with Crippen molar-refractivity contribution >= 4 is 23.5 Å². The van der Waals surface area contributed by atoms with Crippen LogP contribution in [0.1, 0.15) is 54.7 Å². The summed E-state index contributed by atoms with van der Waals surface area (Å²) < 4.78 is 13.1. The first kappa shape index (κ1) is 29.4. The van der Waals surface area contributed by atoms with Crippen LogP contribution in [0.2, 0.25) is 5.02 Å². The van der Waals surface area contributed by atoms with E-state index in [2.05, 4.69) is 15.3 Å². The van der Waals surface area contributed by atoms with Gasteiger partial charge in [0.2, 0.25) is 0 Å².